The first-order valence-corrected chi connectivity index (χ1v) is 5.01. The Morgan fingerprint density at radius 2 is 2.07 bits per heavy atom. The van der Waals surface area contributed by atoms with Crippen molar-refractivity contribution in [3.8, 4) is 0 Å². The Hall–Kier alpha value is -1.03. The molecule has 4 nitrogen and oxygen atoms in total. The summed E-state index contributed by atoms with van der Waals surface area (Å²) in [4.78, 5) is 11.7. The summed E-state index contributed by atoms with van der Waals surface area (Å²) in [5.74, 6) is 0. The Morgan fingerprint density at radius 3 is 2.50 bits per heavy atom. The topological polar surface area (TPSA) is 47.2 Å². The minimum absolute atomic E-state index is 0.0486. The van der Waals surface area contributed by atoms with Crippen LogP contribution in [0.25, 0.3) is 0 Å². The molecule has 0 saturated carbocycles. The molecule has 0 fully saturated rings. The maximum atomic E-state index is 11.7. The minimum Gasteiger partial charge on any atom is -0.391 e. The average Bonchev–Trinajstić information content (AvgIpc) is 2.48. The molecular weight excluding hydrogens is 180 g/mol. The third-order valence-electron chi connectivity index (χ3n) is 2.31. The lowest BCUT2D eigenvalue weighted by atomic mass is 10.3. The molecule has 0 aromatic carbocycles. The van der Waals surface area contributed by atoms with Crippen molar-refractivity contribution in [3.63, 3.8) is 0 Å². The molecule has 1 unspecified atom stereocenters. The van der Waals surface area contributed by atoms with Crippen LogP contribution in [0.3, 0.4) is 0 Å². The number of rotatable bonds is 4. The first kappa shape index (κ1) is 11.0. The second kappa shape index (κ2) is 4.46. The van der Waals surface area contributed by atoms with Gasteiger partial charge >= 0.3 is 5.69 Å². The van der Waals surface area contributed by atoms with E-state index < -0.39 is 6.10 Å². The van der Waals surface area contributed by atoms with Crippen molar-refractivity contribution in [2.24, 2.45) is 0 Å². The summed E-state index contributed by atoms with van der Waals surface area (Å²) < 4.78 is 3.20. The summed E-state index contributed by atoms with van der Waals surface area (Å²) in [5.41, 5.74) is -0.0486. The van der Waals surface area contributed by atoms with Crippen molar-refractivity contribution in [2.75, 3.05) is 0 Å². The van der Waals surface area contributed by atoms with E-state index in [1.54, 1.807) is 21.5 Å². The Balaban J connectivity index is 2.85. The van der Waals surface area contributed by atoms with Gasteiger partial charge in [0.25, 0.3) is 0 Å². The zero-order valence-corrected chi connectivity index (χ0v) is 8.97. The molecule has 1 rings (SSSR count). The maximum Gasteiger partial charge on any atom is 0.328 e. The number of aliphatic hydroxyl groups is 1. The van der Waals surface area contributed by atoms with Crippen LogP contribution < -0.4 is 5.69 Å². The zero-order valence-electron chi connectivity index (χ0n) is 8.97. The van der Waals surface area contributed by atoms with Crippen molar-refractivity contribution in [1.82, 2.24) is 9.13 Å². The molecule has 0 aliphatic heterocycles. The zero-order chi connectivity index (χ0) is 10.7. The van der Waals surface area contributed by atoms with Gasteiger partial charge in [-0.25, -0.2) is 4.79 Å². The summed E-state index contributed by atoms with van der Waals surface area (Å²) in [6.45, 7) is 6.20. The Labute approximate surface area is 83.8 Å². The van der Waals surface area contributed by atoms with E-state index in [4.69, 9.17) is 0 Å². The third kappa shape index (κ3) is 2.26. The maximum absolute atomic E-state index is 11.7. The quantitative estimate of drug-likeness (QED) is 0.784. The number of imidazole rings is 1. The molecule has 4 heteroatoms. The molecule has 0 aliphatic carbocycles. The Morgan fingerprint density at radius 1 is 1.43 bits per heavy atom. The van der Waals surface area contributed by atoms with Crippen LogP contribution in [0.4, 0.5) is 0 Å². The lowest BCUT2D eigenvalue weighted by Gasteiger charge is -2.08. The molecular formula is C10H18N2O2. The highest BCUT2D eigenvalue weighted by Crippen LogP contribution is 2.00. The van der Waals surface area contributed by atoms with Crippen molar-refractivity contribution in [1.29, 1.82) is 0 Å². The number of hydrogen-bond acceptors (Lipinski definition) is 2. The number of nitrogens with zero attached hydrogens (tertiary/aromatic N) is 2. The SMILES string of the molecule is CCC(O)Cn1ccn(C(C)C)c1=O. The fourth-order valence-corrected chi connectivity index (χ4v) is 1.32. The molecule has 0 amide bonds. The highest BCUT2D eigenvalue weighted by atomic mass is 16.3. The monoisotopic (exact) mass is 198 g/mol. The highest BCUT2D eigenvalue weighted by molar-refractivity contribution is 4.84. The number of hydrogen-bond donors (Lipinski definition) is 1. The standard InChI is InChI=1S/C10H18N2O2/c1-4-9(13)7-11-5-6-12(8(2)3)10(11)14/h5-6,8-9,13H,4,7H2,1-3H3. The highest BCUT2D eigenvalue weighted by Gasteiger charge is 2.08. The van der Waals surface area contributed by atoms with E-state index in [9.17, 15) is 9.90 Å². The molecule has 1 heterocycles. The summed E-state index contributed by atoms with van der Waals surface area (Å²) >= 11 is 0. The van der Waals surface area contributed by atoms with E-state index in [1.807, 2.05) is 20.8 Å². The van der Waals surface area contributed by atoms with Gasteiger partial charge in [0.2, 0.25) is 0 Å². The van der Waals surface area contributed by atoms with E-state index in [-0.39, 0.29) is 11.7 Å². The first-order valence-electron chi connectivity index (χ1n) is 5.01. The molecule has 0 spiro atoms. The summed E-state index contributed by atoms with van der Waals surface area (Å²) in [5, 5.41) is 9.41. The summed E-state index contributed by atoms with van der Waals surface area (Å²) in [6.07, 6.45) is 3.71. The van der Waals surface area contributed by atoms with Gasteiger partial charge in [0.1, 0.15) is 0 Å². The summed E-state index contributed by atoms with van der Waals surface area (Å²) in [7, 11) is 0. The van der Waals surface area contributed by atoms with Gasteiger partial charge in [-0.05, 0) is 20.3 Å². The molecule has 14 heavy (non-hydrogen) atoms. The van der Waals surface area contributed by atoms with Crippen LogP contribution in [0.15, 0.2) is 17.2 Å². The van der Waals surface area contributed by atoms with Gasteiger partial charge in [0.05, 0.1) is 12.6 Å². The molecule has 0 saturated heterocycles. The van der Waals surface area contributed by atoms with Crippen LogP contribution in [-0.4, -0.2) is 20.3 Å². The molecule has 0 aliphatic rings. The van der Waals surface area contributed by atoms with Crippen LogP contribution in [0, 0.1) is 0 Å². The van der Waals surface area contributed by atoms with E-state index in [2.05, 4.69) is 0 Å². The van der Waals surface area contributed by atoms with Gasteiger partial charge in [0.15, 0.2) is 0 Å². The number of aromatic nitrogens is 2. The van der Waals surface area contributed by atoms with Crippen LogP contribution in [0.1, 0.15) is 33.2 Å². The summed E-state index contributed by atoms with van der Waals surface area (Å²) in [6, 6.07) is 0.169. The van der Waals surface area contributed by atoms with Crippen LogP contribution in [0.2, 0.25) is 0 Å². The molecule has 1 N–H and O–H groups in total. The fraction of sp³-hybridized carbons (Fsp3) is 0.700. The van der Waals surface area contributed by atoms with Crippen molar-refractivity contribution >= 4 is 0 Å². The molecule has 0 bridgehead atoms. The smallest absolute Gasteiger partial charge is 0.328 e. The minimum atomic E-state index is -0.435. The fourth-order valence-electron chi connectivity index (χ4n) is 1.32. The molecule has 0 radical (unpaired) electrons. The van der Waals surface area contributed by atoms with Crippen LogP contribution >= 0.6 is 0 Å². The normalized spacial score (nSPS) is 13.5. The second-order valence-corrected chi connectivity index (χ2v) is 3.80. The van der Waals surface area contributed by atoms with Gasteiger partial charge in [-0.2, -0.15) is 0 Å². The van der Waals surface area contributed by atoms with Gasteiger partial charge < -0.3 is 5.11 Å². The van der Waals surface area contributed by atoms with Gasteiger partial charge in [-0.1, -0.05) is 6.92 Å². The lowest BCUT2D eigenvalue weighted by molar-refractivity contribution is 0.148. The van der Waals surface area contributed by atoms with Crippen LogP contribution in [0.5, 0.6) is 0 Å². The van der Waals surface area contributed by atoms with Gasteiger partial charge in [-0.15, -0.1) is 0 Å². The van der Waals surface area contributed by atoms with Crippen LogP contribution in [-0.2, 0) is 6.54 Å². The van der Waals surface area contributed by atoms with E-state index >= 15 is 0 Å². The third-order valence-corrected chi connectivity index (χ3v) is 2.31. The average molecular weight is 198 g/mol. The Kier molecular flexibility index (Phi) is 3.52. The molecule has 1 atom stereocenters. The predicted molar refractivity (Wildman–Crippen MR) is 55.4 cm³/mol. The Bertz CT molecular complexity index is 338. The number of aliphatic hydroxyl groups excluding tert-OH is 1. The van der Waals surface area contributed by atoms with Crippen molar-refractivity contribution in [2.45, 2.75) is 45.9 Å². The van der Waals surface area contributed by atoms with Crippen molar-refractivity contribution < 1.29 is 5.11 Å². The second-order valence-electron chi connectivity index (χ2n) is 3.80. The molecule has 1 aromatic rings. The molecule has 1 aromatic heterocycles. The molecule has 80 valence electrons. The largest absolute Gasteiger partial charge is 0.391 e. The predicted octanol–water partition coefficient (Wildman–Crippen LogP) is 1.00. The first-order chi connectivity index (χ1) is 6.56. The van der Waals surface area contributed by atoms with Crippen molar-refractivity contribution in [3.05, 3.63) is 22.9 Å². The lowest BCUT2D eigenvalue weighted by Crippen LogP contribution is -2.28. The van der Waals surface area contributed by atoms with E-state index in [0.29, 0.717) is 13.0 Å². The van der Waals surface area contributed by atoms with E-state index in [0.717, 1.165) is 0 Å². The van der Waals surface area contributed by atoms with Gasteiger partial charge in [-0.3, -0.25) is 9.13 Å². The van der Waals surface area contributed by atoms with Gasteiger partial charge in [0, 0.05) is 18.4 Å². The van der Waals surface area contributed by atoms with E-state index in [1.165, 1.54) is 0 Å².